The van der Waals surface area contributed by atoms with Crippen molar-refractivity contribution in [1.29, 1.82) is 0 Å². The van der Waals surface area contributed by atoms with Crippen molar-refractivity contribution in [2.45, 2.75) is 38.1 Å². The van der Waals surface area contributed by atoms with Gasteiger partial charge in [-0.3, -0.25) is 9.48 Å². The van der Waals surface area contributed by atoms with Crippen LogP contribution in [0.4, 0.5) is 10.6 Å². The summed E-state index contributed by atoms with van der Waals surface area (Å²) in [5.74, 6) is -1.71. The standard InChI is InChI=1S/C26H28N4O5/c1-3-8-16(13-23(31)28-24-21(25(32)33)14-30(2)29-24)27-26(34)35-15-22-19-11-6-4-9-17(19)18-10-5-7-12-20(18)22/h4-7,9-12,14,16,22H,3,8,13,15H2,1-2H3,(H,27,34)(H,32,33)(H,28,29,31). The smallest absolute Gasteiger partial charge is 0.407 e. The van der Waals surface area contributed by atoms with Gasteiger partial charge in [-0.15, -0.1) is 0 Å². The molecule has 0 radical (unpaired) electrons. The fraction of sp³-hybridized carbons (Fsp3) is 0.308. The zero-order valence-electron chi connectivity index (χ0n) is 19.7. The predicted molar refractivity (Wildman–Crippen MR) is 130 cm³/mol. The molecule has 2 amide bonds. The van der Waals surface area contributed by atoms with Crippen molar-refractivity contribution >= 4 is 23.8 Å². The number of amides is 2. The molecule has 3 N–H and O–H groups in total. The highest BCUT2D eigenvalue weighted by atomic mass is 16.5. The van der Waals surface area contributed by atoms with E-state index in [0.29, 0.717) is 6.42 Å². The Morgan fingerprint density at radius 3 is 2.31 bits per heavy atom. The van der Waals surface area contributed by atoms with Crippen LogP contribution in [-0.4, -0.2) is 45.5 Å². The summed E-state index contributed by atoms with van der Waals surface area (Å²) in [5.41, 5.74) is 4.43. The van der Waals surface area contributed by atoms with Crippen molar-refractivity contribution in [3.63, 3.8) is 0 Å². The van der Waals surface area contributed by atoms with E-state index in [4.69, 9.17) is 4.74 Å². The Kier molecular flexibility index (Phi) is 7.14. The van der Waals surface area contributed by atoms with Crippen LogP contribution >= 0.6 is 0 Å². The maximum Gasteiger partial charge on any atom is 0.407 e. The van der Waals surface area contributed by atoms with E-state index in [0.717, 1.165) is 28.7 Å². The lowest BCUT2D eigenvalue weighted by Gasteiger charge is -2.19. The second-order valence-corrected chi connectivity index (χ2v) is 8.58. The third kappa shape index (κ3) is 5.34. The van der Waals surface area contributed by atoms with Crippen molar-refractivity contribution in [3.05, 3.63) is 71.4 Å². The molecule has 1 aliphatic carbocycles. The molecule has 1 unspecified atom stereocenters. The highest BCUT2D eigenvalue weighted by molar-refractivity contribution is 5.99. The van der Waals surface area contributed by atoms with Gasteiger partial charge in [-0.2, -0.15) is 5.10 Å². The van der Waals surface area contributed by atoms with E-state index in [2.05, 4.69) is 40.0 Å². The number of aromatic nitrogens is 2. The number of carboxylic acid groups (broad SMARTS) is 1. The minimum Gasteiger partial charge on any atom is -0.477 e. The van der Waals surface area contributed by atoms with Gasteiger partial charge in [0.15, 0.2) is 5.82 Å². The molecule has 0 aliphatic heterocycles. The Bertz CT molecular complexity index is 1210. The first-order valence-electron chi connectivity index (χ1n) is 11.6. The number of nitrogens with one attached hydrogen (secondary N) is 2. The molecule has 4 rings (SSSR count). The van der Waals surface area contributed by atoms with Crippen LogP contribution in [0.15, 0.2) is 54.7 Å². The molecular formula is C26H28N4O5. The second-order valence-electron chi connectivity index (χ2n) is 8.58. The van der Waals surface area contributed by atoms with Gasteiger partial charge in [0.1, 0.15) is 12.2 Å². The summed E-state index contributed by atoms with van der Waals surface area (Å²) >= 11 is 0. The Balaban J connectivity index is 1.36. The molecule has 2 aromatic carbocycles. The lowest BCUT2D eigenvalue weighted by Crippen LogP contribution is -2.38. The summed E-state index contributed by atoms with van der Waals surface area (Å²) in [5, 5.41) is 18.6. The Hall–Kier alpha value is -4.14. The number of nitrogens with zero attached hydrogens (tertiary/aromatic N) is 2. The molecule has 0 bridgehead atoms. The van der Waals surface area contributed by atoms with Gasteiger partial charge in [0.25, 0.3) is 0 Å². The van der Waals surface area contributed by atoms with Crippen molar-refractivity contribution in [3.8, 4) is 11.1 Å². The van der Waals surface area contributed by atoms with Crippen LogP contribution < -0.4 is 10.6 Å². The lowest BCUT2D eigenvalue weighted by molar-refractivity contribution is -0.116. The number of hydrogen-bond acceptors (Lipinski definition) is 5. The third-order valence-electron chi connectivity index (χ3n) is 6.05. The molecule has 1 aliphatic rings. The fourth-order valence-electron chi connectivity index (χ4n) is 4.52. The number of carboxylic acids is 1. The molecule has 9 heteroatoms. The normalized spacial score (nSPS) is 13.0. The number of carbonyl (C=O) groups is 3. The Morgan fingerprint density at radius 2 is 1.71 bits per heavy atom. The number of hydrogen-bond donors (Lipinski definition) is 3. The molecule has 1 heterocycles. The average Bonchev–Trinajstić information content (AvgIpc) is 3.35. The molecule has 9 nitrogen and oxygen atoms in total. The van der Waals surface area contributed by atoms with Crippen LogP contribution in [0.1, 0.15) is 53.6 Å². The first-order valence-corrected chi connectivity index (χ1v) is 11.6. The van der Waals surface area contributed by atoms with Crippen LogP contribution in [0, 0.1) is 0 Å². The van der Waals surface area contributed by atoms with Gasteiger partial charge in [0.05, 0.1) is 0 Å². The molecule has 0 saturated carbocycles. The zero-order valence-corrected chi connectivity index (χ0v) is 19.7. The topological polar surface area (TPSA) is 123 Å². The number of aromatic carboxylic acids is 1. The van der Waals surface area contributed by atoms with E-state index in [9.17, 15) is 19.5 Å². The highest BCUT2D eigenvalue weighted by Gasteiger charge is 2.29. The van der Waals surface area contributed by atoms with Crippen LogP contribution in [0.3, 0.4) is 0 Å². The average molecular weight is 477 g/mol. The number of anilines is 1. The second kappa shape index (κ2) is 10.4. The molecule has 0 fully saturated rings. The monoisotopic (exact) mass is 476 g/mol. The molecule has 182 valence electrons. The number of carbonyl (C=O) groups excluding carboxylic acids is 2. The van der Waals surface area contributed by atoms with Gasteiger partial charge in [-0.05, 0) is 28.7 Å². The summed E-state index contributed by atoms with van der Waals surface area (Å²) < 4.78 is 6.91. The molecule has 3 aromatic rings. The van der Waals surface area contributed by atoms with E-state index in [1.807, 2.05) is 31.2 Å². The highest BCUT2D eigenvalue weighted by Crippen LogP contribution is 2.44. The maximum atomic E-state index is 12.6. The maximum absolute atomic E-state index is 12.6. The van der Waals surface area contributed by atoms with Crippen LogP contribution in [0.25, 0.3) is 11.1 Å². The molecule has 1 aromatic heterocycles. The van der Waals surface area contributed by atoms with Crippen LogP contribution in [-0.2, 0) is 16.6 Å². The molecule has 0 saturated heterocycles. The molecule has 35 heavy (non-hydrogen) atoms. The molecule has 1 atom stereocenters. The van der Waals surface area contributed by atoms with E-state index in [1.54, 1.807) is 7.05 Å². The van der Waals surface area contributed by atoms with Gasteiger partial charge >= 0.3 is 12.1 Å². The van der Waals surface area contributed by atoms with Gasteiger partial charge < -0.3 is 20.5 Å². The summed E-state index contributed by atoms with van der Waals surface area (Å²) in [6.07, 6.45) is 1.99. The molecular weight excluding hydrogens is 448 g/mol. The van der Waals surface area contributed by atoms with Crippen molar-refractivity contribution in [2.24, 2.45) is 7.05 Å². The van der Waals surface area contributed by atoms with Gasteiger partial charge in [0, 0.05) is 31.6 Å². The Labute approximate surface area is 203 Å². The summed E-state index contributed by atoms with van der Waals surface area (Å²) in [4.78, 5) is 36.5. The van der Waals surface area contributed by atoms with Crippen molar-refractivity contribution in [1.82, 2.24) is 15.1 Å². The van der Waals surface area contributed by atoms with E-state index >= 15 is 0 Å². The number of fused-ring (bicyclic) bond motifs is 3. The number of benzene rings is 2. The summed E-state index contributed by atoms with van der Waals surface area (Å²) in [7, 11) is 1.57. The first-order chi connectivity index (χ1) is 16.9. The number of rotatable bonds is 9. The fourth-order valence-corrected chi connectivity index (χ4v) is 4.52. The minimum atomic E-state index is -1.18. The Morgan fingerprint density at radius 1 is 1.09 bits per heavy atom. The van der Waals surface area contributed by atoms with Crippen molar-refractivity contribution in [2.75, 3.05) is 11.9 Å². The lowest BCUT2D eigenvalue weighted by atomic mass is 9.98. The van der Waals surface area contributed by atoms with E-state index in [1.165, 1.54) is 10.9 Å². The number of alkyl carbamates (subject to hydrolysis) is 1. The van der Waals surface area contributed by atoms with Crippen LogP contribution in [0.2, 0.25) is 0 Å². The van der Waals surface area contributed by atoms with Gasteiger partial charge in [-0.1, -0.05) is 61.9 Å². The SMILES string of the molecule is CCCC(CC(=O)Nc1nn(C)cc1C(=O)O)NC(=O)OCC1c2ccccc2-c2ccccc21. The van der Waals surface area contributed by atoms with E-state index in [-0.39, 0.29) is 30.3 Å². The third-order valence-corrected chi connectivity index (χ3v) is 6.05. The number of aryl methyl sites for hydroxylation is 1. The predicted octanol–water partition coefficient (Wildman–Crippen LogP) is 4.15. The van der Waals surface area contributed by atoms with E-state index < -0.39 is 24.0 Å². The van der Waals surface area contributed by atoms with Crippen LogP contribution in [0.5, 0.6) is 0 Å². The van der Waals surface area contributed by atoms with Crippen molar-refractivity contribution < 1.29 is 24.2 Å². The zero-order chi connectivity index (χ0) is 24.9. The van der Waals surface area contributed by atoms with Gasteiger partial charge in [0.2, 0.25) is 5.91 Å². The first kappa shape index (κ1) is 24.0. The summed E-state index contributed by atoms with van der Waals surface area (Å²) in [6.45, 7) is 2.13. The minimum absolute atomic E-state index is 0.0265. The molecule has 0 spiro atoms. The van der Waals surface area contributed by atoms with Gasteiger partial charge in [-0.25, -0.2) is 9.59 Å². The largest absolute Gasteiger partial charge is 0.477 e. The quantitative estimate of drug-likeness (QED) is 0.426. The number of ether oxygens (including phenoxy) is 1. The summed E-state index contributed by atoms with van der Waals surface area (Å²) in [6, 6.07) is 15.7.